The van der Waals surface area contributed by atoms with Crippen LogP contribution in [0.25, 0.3) is 0 Å². The molecule has 0 bridgehead atoms. The maximum Gasteiger partial charge on any atom is 0.175 e. The molecular formula is C19H21Cl2NO3S. The van der Waals surface area contributed by atoms with Gasteiger partial charge in [0.25, 0.3) is 0 Å². The highest BCUT2D eigenvalue weighted by Crippen LogP contribution is 2.44. The zero-order valence-electron chi connectivity index (χ0n) is 14.9. The molecule has 4 nitrogen and oxygen atoms in total. The van der Waals surface area contributed by atoms with Crippen LogP contribution in [0.15, 0.2) is 41.3 Å². The normalized spacial score (nSPS) is 19.6. The van der Waals surface area contributed by atoms with E-state index in [1.165, 1.54) is 6.26 Å². The van der Waals surface area contributed by atoms with Crippen LogP contribution in [-0.2, 0) is 16.3 Å². The van der Waals surface area contributed by atoms with E-state index in [1.54, 1.807) is 30.3 Å². The first kappa shape index (κ1) is 19.5. The largest absolute Gasteiger partial charge is 0.485 e. The third-order valence-corrected chi connectivity index (χ3v) is 6.19. The summed E-state index contributed by atoms with van der Waals surface area (Å²) in [6, 6.07) is 10.2. The molecule has 2 aromatic rings. The van der Waals surface area contributed by atoms with Gasteiger partial charge in [0.2, 0.25) is 0 Å². The van der Waals surface area contributed by atoms with Crippen molar-refractivity contribution in [2.45, 2.75) is 17.4 Å². The molecular weight excluding hydrogens is 393 g/mol. The summed E-state index contributed by atoms with van der Waals surface area (Å²) in [5, 5.41) is 1.25. The molecule has 0 unspecified atom stereocenters. The molecule has 1 aliphatic rings. The van der Waals surface area contributed by atoms with Crippen molar-refractivity contribution in [3.63, 3.8) is 0 Å². The molecule has 0 aromatic heterocycles. The Labute approximate surface area is 164 Å². The monoisotopic (exact) mass is 413 g/mol. The highest BCUT2D eigenvalue weighted by Gasteiger charge is 2.36. The van der Waals surface area contributed by atoms with Crippen molar-refractivity contribution < 1.29 is 13.2 Å². The summed E-state index contributed by atoms with van der Waals surface area (Å²) in [6.07, 6.45) is 1.82. The van der Waals surface area contributed by atoms with Crippen molar-refractivity contribution in [3.8, 4) is 5.75 Å². The number of benzene rings is 2. The minimum absolute atomic E-state index is 0.187. The van der Waals surface area contributed by atoms with Crippen molar-refractivity contribution >= 4 is 33.0 Å². The number of hydrogen-bond acceptors (Lipinski definition) is 4. The molecule has 0 saturated heterocycles. The SMILES string of the molecule is CN(C)C[C@H]1Cc2c(Cl)cc(Cl)cc2[C@@H]1Oc1ccc(S(C)(=O)=O)cc1. The lowest BCUT2D eigenvalue weighted by Gasteiger charge is -2.25. The molecule has 0 radical (unpaired) electrons. The Morgan fingerprint density at radius 2 is 1.81 bits per heavy atom. The summed E-state index contributed by atoms with van der Waals surface area (Å²) in [5.41, 5.74) is 2.07. The van der Waals surface area contributed by atoms with Crippen molar-refractivity contribution in [3.05, 3.63) is 57.6 Å². The maximum absolute atomic E-state index is 11.6. The fourth-order valence-electron chi connectivity index (χ4n) is 3.42. The van der Waals surface area contributed by atoms with Gasteiger partial charge in [-0.1, -0.05) is 23.2 Å². The minimum atomic E-state index is -3.23. The van der Waals surface area contributed by atoms with Crippen LogP contribution in [0.2, 0.25) is 10.0 Å². The number of hydrogen-bond donors (Lipinski definition) is 0. The van der Waals surface area contributed by atoms with Gasteiger partial charge in [-0.05, 0) is 68.0 Å². The van der Waals surface area contributed by atoms with E-state index in [0.717, 1.165) is 24.1 Å². The summed E-state index contributed by atoms with van der Waals surface area (Å²) in [4.78, 5) is 2.39. The average Bonchev–Trinajstić information content (AvgIpc) is 2.84. The van der Waals surface area contributed by atoms with E-state index in [-0.39, 0.29) is 16.9 Å². The van der Waals surface area contributed by atoms with Crippen LogP contribution in [0.1, 0.15) is 17.2 Å². The van der Waals surface area contributed by atoms with E-state index in [2.05, 4.69) is 4.90 Å². The summed E-state index contributed by atoms with van der Waals surface area (Å²) < 4.78 is 29.5. The van der Waals surface area contributed by atoms with Crippen LogP contribution >= 0.6 is 23.2 Å². The first-order valence-electron chi connectivity index (χ1n) is 8.24. The predicted octanol–water partition coefficient (Wildman–Crippen LogP) is 4.25. The summed E-state index contributed by atoms with van der Waals surface area (Å²) >= 11 is 12.6. The lowest BCUT2D eigenvalue weighted by molar-refractivity contribution is 0.128. The molecule has 1 aliphatic carbocycles. The summed E-state index contributed by atoms with van der Waals surface area (Å²) in [5.74, 6) is 0.848. The van der Waals surface area contributed by atoms with Crippen molar-refractivity contribution in [2.24, 2.45) is 5.92 Å². The average molecular weight is 414 g/mol. The van der Waals surface area contributed by atoms with E-state index in [9.17, 15) is 8.42 Å². The molecule has 0 saturated carbocycles. The van der Waals surface area contributed by atoms with E-state index >= 15 is 0 Å². The van der Waals surface area contributed by atoms with E-state index < -0.39 is 9.84 Å². The third-order valence-electron chi connectivity index (χ3n) is 4.51. The minimum Gasteiger partial charge on any atom is -0.485 e. The first-order valence-corrected chi connectivity index (χ1v) is 10.9. The van der Waals surface area contributed by atoms with Gasteiger partial charge in [-0.25, -0.2) is 8.42 Å². The van der Waals surface area contributed by atoms with Crippen molar-refractivity contribution in [1.82, 2.24) is 4.90 Å². The standard InChI is InChI=1S/C19H21Cl2NO3S/c1-22(2)11-12-8-16-17(9-13(20)10-18(16)21)19(12)25-14-4-6-15(7-5-14)26(3,23)24/h4-7,9-10,12,19H,8,11H2,1-3H3/t12-,19-/m1/s1. The van der Waals surface area contributed by atoms with Crippen molar-refractivity contribution in [1.29, 1.82) is 0 Å². The van der Waals surface area contributed by atoms with Gasteiger partial charge in [-0.2, -0.15) is 0 Å². The Morgan fingerprint density at radius 3 is 2.38 bits per heavy atom. The van der Waals surface area contributed by atoms with Crippen LogP contribution in [-0.4, -0.2) is 40.2 Å². The van der Waals surface area contributed by atoms with Gasteiger partial charge in [0.15, 0.2) is 9.84 Å². The maximum atomic E-state index is 11.6. The zero-order chi connectivity index (χ0) is 19.1. The Balaban J connectivity index is 1.93. The third kappa shape index (κ3) is 4.17. The number of halogens is 2. The fourth-order valence-corrected chi connectivity index (χ4v) is 4.63. The second-order valence-electron chi connectivity index (χ2n) is 6.96. The van der Waals surface area contributed by atoms with Gasteiger partial charge in [0.05, 0.1) is 4.90 Å². The molecule has 140 valence electrons. The fraction of sp³-hybridized carbons (Fsp3) is 0.368. The number of fused-ring (bicyclic) bond motifs is 1. The Hall–Kier alpha value is -1.27. The van der Waals surface area contributed by atoms with Gasteiger partial charge in [0.1, 0.15) is 11.9 Å². The highest BCUT2D eigenvalue weighted by atomic mass is 35.5. The highest BCUT2D eigenvalue weighted by molar-refractivity contribution is 7.90. The van der Waals surface area contributed by atoms with Crippen LogP contribution in [0.4, 0.5) is 0 Å². The van der Waals surface area contributed by atoms with E-state index in [1.807, 2.05) is 20.2 Å². The lowest BCUT2D eigenvalue weighted by Crippen LogP contribution is -2.27. The van der Waals surface area contributed by atoms with Gasteiger partial charge in [-0.3, -0.25) is 0 Å². The molecule has 7 heteroatoms. The Kier molecular flexibility index (Phi) is 5.54. The van der Waals surface area contributed by atoms with Gasteiger partial charge in [-0.15, -0.1) is 0 Å². The molecule has 0 aliphatic heterocycles. The second-order valence-corrected chi connectivity index (χ2v) is 9.82. The molecule has 2 atom stereocenters. The number of sulfone groups is 1. The van der Waals surface area contributed by atoms with Crippen LogP contribution in [0, 0.1) is 5.92 Å². The molecule has 0 spiro atoms. The first-order chi connectivity index (χ1) is 12.1. The molecule has 0 amide bonds. The number of rotatable bonds is 5. The predicted molar refractivity (Wildman–Crippen MR) is 105 cm³/mol. The van der Waals surface area contributed by atoms with Crippen LogP contribution in [0.3, 0.4) is 0 Å². The van der Waals surface area contributed by atoms with Gasteiger partial charge in [0, 0.05) is 28.8 Å². The zero-order valence-corrected chi connectivity index (χ0v) is 17.2. The molecule has 0 N–H and O–H groups in total. The van der Waals surface area contributed by atoms with E-state index in [0.29, 0.717) is 15.8 Å². The molecule has 2 aromatic carbocycles. The topological polar surface area (TPSA) is 46.6 Å². The molecule has 26 heavy (non-hydrogen) atoms. The summed E-state index contributed by atoms with van der Waals surface area (Å²) in [6.45, 7) is 0.842. The van der Waals surface area contributed by atoms with Crippen LogP contribution < -0.4 is 4.74 Å². The molecule has 3 rings (SSSR count). The summed E-state index contributed by atoms with van der Waals surface area (Å²) in [7, 11) is 0.816. The quantitative estimate of drug-likeness (QED) is 0.734. The number of nitrogens with zero attached hydrogens (tertiary/aromatic N) is 1. The van der Waals surface area contributed by atoms with Gasteiger partial charge < -0.3 is 9.64 Å². The van der Waals surface area contributed by atoms with Gasteiger partial charge >= 0.3 is 0 Å². The Morgan fingerprint density at radius 1 is 1.15 bits per heavy atom. The molecule has 0 heterocycles. The number of ether oxygens (including phenoxy) is 1. The van der Waals surface area contributed by atoms with E-state index in [4.69, 9.17) is 27.9 Å². The van der Waals surface area contributed by atoms with Crippen molar-refractivity contribution in [2.75, 3.05) is 26.9 Å². The van der Waals surface area contributed by atoms with Crippen LogP contribution in [0.5, 0.6) is 5.75 Å². The second kappa shape index (κ2) is 7.39. The smallest absolute Gasteiger partial charge is 0.175 e. The lowest BCUT2D eigenvalue weighted by atomic mass is 10.0. The molecule has 0 fully saturated rings. The Bertz CT molecular complexity index is 911.